The van der Waals surface area contributed by atoms with E-state index in [1.807, 2.05) is 18.2 Å². The van der Waals surface area contributed by atoms with Crippen LogP contribution in [0, 0.1) is 5.92 Å². The SMILES string of the molecule is CC(C)Cn1ncnc1CN1C(=O)C[C@]2(CCc3ccccc32)C1=O. The van der Waals surface area contributed by atoms with E-state index >= 15 is 0 Å². The Morgan fingerprint density at radius 3 is 2.84 bits per heavy atom. The summed E-state index contributed by atoms with van der Waals surface area (Å²) in [4.78, 5) is 31.5. The number of amides is 2. The summed E-state index contributed by atoms with van der Waals surface area (Å²) in [6, 6.07) is 8.00. The molecule has 1 aromatic heterocycles. The maximum absolute atomic E-state index is 13.2. The summed E-state index contributed by atoms with van der Waals surface area (Å²) < 4.78 is 1.79. The Labute approximate surface area is 146 Å². The van der Waals surface area contributed by atoms with Crippen LogP contribution in [0.1, 0.15) is 43.6 Å². The third-order valence-electron chi connectivity index (χ3n) is 5.30. The topological polar surface area (TPSA) is 68.1 Å². The molecule has 1 aromatic carbocycles. The number of aromatic nitrogens is 3. The first-order valence-electron chi connectivity index (χ1n) is 8.81. The molecule has 4 rings (SSSR count). The highest BCUT2D eigenvalue weighted by atomic mass is 16.2. The fourth-order valence-electron chi connectivity index (χ4n) is 4.10. The third-order valence-corrected chi connectivity index (χ3v) is 5.30. The number of likely N-dealkylation sites (tertiary alicyclic amines) is 1. The van der Waals surface area contributed by atoms with Gasteiger partial charge in [0.2, 0.25) is 11.8 Å². The van der Waals surface area contributed by atoms with E-state index in [9.17, 15) is 9.59 Å². The van der Waals surface area contributed by atoms with E-state index in [4.69, 9.17) is 0 Å². The molecule has 2 aliphatic rings. The van der Waals surface area contributed by atoms with Crippen molar-refractivity contribution in [3.05, 3.63) is 47.5 Å². The van der Waals surface area contributed by atoms with Crippen LogP contribution in [0.3, 0.4) is 0 Å². The van der Waals surface area contributed by atoms with Crippen molar-refractivity contribution in [1.29, 1.82) is 0 Å². The van der Waals surface area contributed by atoms with Crippen molar-refractivity contribution in [2.45, 2.75) is 51.6 Å². The number of carbonyl (C=O) groups excluding carboxylic acids is 2. The number of aryl methyl sites for hydroxylation is 1. The Morgan fingerprint density at radius 2 is 2.04 bits per heavy atom. The van der Waals surface area contributed by atoms with Crippen LogP contribution in [-0.4, -0.2) is 31.5 Å². The van der Waals surface area contributed by atoms with E-state index in [-0.39, 0.29) is 24.8 Å². The minimum atomic E-state index is -0.670. The van der Waals surface area contributed by atoms with Gasteiger partial charge in [-0.15, -0.1) is 0 Å². The van der Waals surface area contributed by atoms with Gasteiger partial charge >= 0.3 is 0 Å². The molecular formula is C19H22N4O2. The highest BCUT2D eigenvalue weighted by Crippen LogP contribution is 2.47. The van der Waals surface area contributed by atoms with Crippen LogP contribution in [0.4, 0.5) is 0 Å². The van der Waals surface area contributed by atoms with Gasteiger partial charge in [-0.05, 0) is 29.9 Å². The van der Waals surface area contributed by atoms with E-state index in [0.29, 0.717) is 18.2 Å². The highest BCUT2D eigenvalue weighted by Gasteiger charge is 2.55. The number of hydrogen-bond acceptors (Lipinski definition) is 4. The molecule has 2 aromatic rings. The second-order valence-corrected chi connectivity index (χ2v) is 7.45. The lowest BCUT2D eigenvalue weighted by Gasteiger charge is -2.22. The number of carbonyl (C=O) groups is 2. The largest absolute Gasteiger partial charge is 0.274 e. The fraction of sp³-hybridized carbons (Fsp3) is 0.474. The normalized spacial score (nSPS) is 22.4. The third kappa shape index (κ3) is 2.47. The summed E-state index contributed by atoms with van der Waals surface area (Å²) in [7, 11) is 0. The predicted molar refractivity (Wildman–Crippen MR) is 91.5 cm³/mol. The van der Waals surface area contributed by atoms with Gasteiger partial charge in [-0.3, -0.25) is 14.5 Å². The molecule has 1 fully saturated rings. The first-order chi connectivity index (χ1) is 12.0. The van der Waals surface area contributed by atoms with E-state index in [1.54, 1.807) is 4.68 Å². The maximum Gasteiger partial charge on any atom is 0.240 e. The highest BCUT2D eigenvalue weighted by molar-refractivity contribution is 6.09. The van der Waals surface area contributed by atoms with Crippen LogP contribution in [0.25, 0.3) is 0 Å². The lowest BCUT2D eigenvalue weighted by atomic mass is 9.80. The zero-order valence-electron chi connectivity index (χ0n) is 14.6. The van der Waals surface area contributed by atoms with Crippen LogP contribution in [0.2, 0.25) is 0 Å². The van der Waals surface area contributed by atoms with Crippen LogP contribution in [0.15, 0.2) is 30.6 Å². The van der Waals surface area contributed by atoms with E-state index < -0.39 is 5.41 Å². The Balaban J connectivity index is 1.62. The maximum atomic E-state index is 13.2. The van der Waals surface area contributed by atoms with Gasteiger partial charge in [0.25, 0.3) is 0 Å². The molecule has 1 atom stereocenters. The van der Waals surface area contributed by atoms with Gasteiger partial charge < -0.3 is 0 Å². The van der Waals surface area contributed by atoms with Crippen molar-refractivity contribution in [2.75, 3.05) is 0 Å². The molecule has 1 aliphatic heterocycles. The molecule has 1 aliphatic carbocycles. The summed E-state index contributed by atoms with van der Waals surface area (Å²) >= 11 is 0. The van der Waals surface area contributed by atoms with Crippen molar-refractivity contribution in [2.24, 2.45) is 5.92 Å². The van der Waals surface area contributed by atoms with Crippen LogP contribution >= 0.6 is 0 Å². The minimum Gasteiger partial charge on any atom is -0.274 e. The molecule has 2 heterocycles. The summed E-state index contributed by atoms with van der Waals surface area (Å²) in [6.07, 6.45) is 3.32. The summed E-state index contributed by atoms with van der Waals surface area (Å²) in [5, 5.41) is 4.23. The zero-order chi connectivity index (χ0) is 17.6. The lowest BCUT2D eigenvalue weighted by Crippen LogP contribution is -2.37. The van der Waals surface area contributed by atoms with Crippen molar-refractivity contribution in [1.82, 2.24) is 19.7 Å². The van der Waals surface area contributed by atoms with Gasteiger partial charge in [0.15, 0.2) is 0 Å². The molecule has 130 valence electrons. The molecular weight excluding hydrogens is 316 g/mol. The Bertz CT molecular complexity index is 841. The monoisotopic (exact) mass is 338 g/mol. The summed E-state index contributed by atoms with van der Waals surface area (Å²) in [6.45, 7) is 5.12. The molecule has 6 nitrogen and oxygen atoms in total. The second kappa shape index (κ2) is 5.79. The Hall–Kier alpha value is -2.50. The summed E-state index contributed by atoms with van der Waals surface area (Å²) in [5.74, 6) is 0.888. The summed E-state index contributed by atoms with van der Waals surface area (Å²) in [5.41, 5.74) is 1.55. The molecule has 0 saturated carbocycles. The number of rotatable bonds is 4. The standard InChI is InChI=1S/C19H22N4O2/c1-13(2)10-23-16(20-12-21-23)11-22-17(24)9-19(18(22)25)8-7-14-5-3-4-6-15(14)19/h3-6,12-13H,7-11H2,1-2H3/t19-/m0/s1. The second-order valence-electron chi connectivity index (χ2n) is 7.45. The quantitative estimate of drug-likeness (QED) is 0.801. The first-order valence-corrected chi connectivity index (χ1v) is 8.81. The van der Waals surface area contributed by atoms with Crippen molar-refractivity contribution in [3.8, 4) is 0 Å². The lowest BCUT2D eigenvalue weighted by molar-refractivity contribution is -0.140. The molecule has 1 saturated heterocycles. The van der Waals surface area contributed by atoms with Crippen molar-refractivity contribution in [3.63, 3.8) is 0 Å². The average molecular weight is 338 g/mol. The van der Waals surface area contributed by atoms with Crippen LogP contribution in [0.5, 0.6) is 0 Å². The van der Waals surface area contributed by atoms with Gasteiger partial charge in [-0.25, -0.2) is 9.67 Å². The number of hydrogen-bond donors (Lipinski definition) is 0. The number of imide groups is 1. The van der Waals surface area contributed by atoms with Gasteiger partial charge in [0.05, 0.1) is 12.0 Å². The average Bonchev–Trinajstić information content (AvgIpc) is 3.23. The molecule has 0 bridgehead atoms. The number of fused-ring (bicyclic) bond motifs is 2. The fourth-order valence-corrected chi connectivity index (χ4v) is 4.10. The number of nitrogens with zero attached hydrogens (tertiary/aromatic N) is 4. The molecule has 0 N–H and O–H groups in total. The van der Waals surface area contributed by atoms with Gasteiger partial charge in [0, 0.05) is 13.0 Å². The van der Waals surface area contributed by atoms with Gasteiger partial charge in [-0.2, -0.15) is 5.10 Å². The van der Waals surface area contributed by atoms with E-state index in [0.717, 1.165) is 18.5 Å². The number of benzene rings is 1. The first kappa shape index (κ1) is 16.0. The Kier molecular flexibility index (Phi) is 3.71. The van der Waals surface area contributed by atoms with Crippen molar-refractivity contribution < 1.29 is 9.59 Å². The van der Waals surface area contributed by atoms with E-state index in [2.05, 4.69) is 30.0 Å². The smallest absolute Gasteiger partial charge is 0.240 e. The minimum absolute atomic E-state index is 0.0819. The molecule has 0 radical (unpaired) electrons. The molecule has 2 amide bonds. The van der Waals surface area contributed by atoms with Crippen LogP contribution < -0.4 is 0 Å². The Morgan fingerprint density at radius 1 is 1.24 bits per heavy atom. The van der Waals surface area contributed by atoms with E-state index in [1.165, 1.54) is 16.8 Å². The predicted octanol–water partition coefficient (Wildman–Crippen LogP) is 2.08. The molecule has 0 unspecified atom stereocenters. The molecule has 1 spiro atoms. The zero-order valence-corrected chi connectivity index (χ0v) is 14.6. The van der Waals surface area contributed by atoms with Crippen molar-refractivity contribution >= 4 is 11.8 Å². The van der Waals surface area contributed by atoms with Gasteiger partial charge in [-0.1, -0.05) is 38.1 Å². The molecule has 6 heteroatoms. The molecule has 25 heavy (non-hydrogen) atoms. The van der Waals surface area contributed by atoms with Gasteiger partial charge in [0.1, 0.15) is 12.2 Å². The van der Waals surface area contributed by atoms with Crippen LogP contribution in [-0.2, 0) is 34.5 Å².